The molecule has 0 atom stereocenters. The third kappa shape index (κ3) is 3.05. The van der Waals surface area contributed by atoms with E-state index in [1.807, 2.05) is 6.92 Å². The third-order valence-corrected chi connectivity index (χ3v) is 3.70. The second kappa shape index (κ2) is 5.29. The molecule has 0 aliphatic carbocycles. The fraction of sp³-hybridized carbons (Fsp3) is 0.308. The summed E-state index contributed by atoms with van der Waals surface area (Å²) in [6.45, 7) is 4.78. The molecule has 0 saturated carbocycles. The molecule has 1 heterocycles. The fourth-order valence-electron chi connectivity index (χ4n) is 1.60. The van der Waals surface area contributed by atoms with Gasteiger partial charge in [0, 0.05) is 10.6 Å². The van der Waals surface area contributed by atoms with Crippen LogP contribution in [0.2, 0.25) is 0 Å². The van der Waals surface area contributed by atoms with Crippen LogP contribution in [0.5, 0.6) is 0 Å². The first-order valence-electron chi connectivity index (χ1n) is 5.69. The van der Waals surface area contributed by atoms with Crippen molar-refractivity contribution in [2.75, 3.05) is 11.9 Å². The molecule has 17 heavy (non-hydrogen) atoms. The zero-order valence-electron chi connectivity index (χ0n) is 10.2. The number of nitrogens with two attached hydrogens (primary N) is 1. The van der Waals surface area contributed by atoms with E-state index in [-0.39, 0.29) is 0 Å². The van der Waals surface area contributed by atoms with E-state index in [2.05, 4.69) is 41.5 Å². The number of hydrogen-bond acceptors (Lipinski definition) is 4. The molecule has 2 aromatic rings. The van der Waals surface area contributed by atoms with Crippen molar-refractivity contribution in [2.45, 2.75) is 20.3 Å². The number of aryl methyl sites for hydroxylation is 2. The summed E-state index contributed by atoms with van der Waals surface area (Å²) in [4.78, 5) is 5.76. The number of anilines is 2. The Hall–Kier alpha value is -1.39. The number of nitrogens with one attached hydrogen (secondary N) is 1. The van der Waals surface area contributed by atoms with Crippen LogP contribution in [-0.2, 0) is 6.42 Å². The van der Waals surface area contributed by atoms with Gasteiger partial charge in [0.25, 0.3) is 0 Å². The monoisotopic (exact) mass is 247 g/mol. The average molecular weight is 247 g/mol. The molecule has 0 saturated heterocycles. The van der Waals surface area contributed by atoms with Crippen molar-refractivity contribution >= 4 is 22.2 Å². The first-order valence-corrected chi connectivity index (χ1v) is 6.51. The van der Waals surface area contributed by atoms with Gasteiger partial charge in [0.1, 0.15) is 0 Å². The minimum atomic E-state index is 0.674. The van der Waals surface area contributed by atoms with Gasteiger partial charge >= 0.3 is 0 Å². The van der Waals surface area contributed by atoms with Crippen LogP contribution in [0.3, 0.4) is 0 Å². The number of hydrogen-bond donors (Lipinski definition) is 2. The van der Waals surface area contributed by atoms with Gasteiger partial charge in [0.05, 0.1) is 5.69 Å². The number of aromatic nitrogens is 1. The molecule has 1 aromatic heterocycles. The summed E-state index contributed by atoms with van der Waals surface area (Å²) in [5, 5.41) is 4.26. The molecular formula is C13H17N3S. The summed E-state index contributed by atoms with van der Waals surface area (Å²) in [6.07, 6.45) is 0.902. The van der Waals surface area contributed by atoms with Crippen LogP contribution in [0.25, 0.3) is 0 Å². The van der Waals surface area contributed by atoms with Crippen LogP contribution in [0, 0.1) is 13.8 Å². The Bertz CT molecular complexity index is 488. The largest absolute Gasteiger partial charge is 0.332 e. The van der Waals surface area contributed by atoms with E-state index in [0.29, 0.717) is 6.54 Å². The molecule has 0 aliphatic heterocycles. The van der Waals surface area contributed by atoms with E-state index in [9.17, 15) is 0 Å². The Labute approximate surface area is 106 Å². The summed E-state index contributed by atoms with van der Waals surface area (Å²) in [6, 6.07) is 8.30. The second-order valence-electron chi connectivity index (χ2n) is 4.06. The third-order valence-electron chi connectivity index (χ3n) is 2.57. The first-order chi connectivity index (χ1) is 8.19. The molecule has 0 unspecified atom stereocenters. The van der Waals surface area contributed by atoms with Gasteiger partial charge in [-0.1, -0.05) is 17.7 Å². The maximum absolute atomic E-state index is 5.57. The van der Waals surface area contributed by atoms with Crippen molar-refractivity contribution in [1.82, 2.24) is 4.98 Å². The second-order valence-corrected chi connectivity index (χ2v) is 5.14. The van der Waals surface area contributed by atoms with Crippen LogP contribution in [0.4, 0.5) is 10.8 Å². The van der Waals surface area contributed by atoms with Crippen LogP contribution in [0.15, 0.2) is 24.3 Å². The molecule has 2 rings (SSSR count). The van der Waals surface area contributed by atoms with E-state index in [0.717, 1.165) is 22.9 Å². The number of nitrogens with zero attached hydrogens (tertiary/aromatic N) is 1. The standard InChI is InChI=1S/C13H17N3S/c1-9-3-5-11(6-4-9)16-13-15-10(2)12(17-13)7-8-14/h3-6H,7-8,14H2,1-2H3,(H,15,16). The molecular weight excluding hydrogens is 230 g/mol. The molecule has 3 N–H and O–H groups in total. The molecule has 0 amide bonds. The maximum atomic E-state index is 5.57. The van der Waals surface area contributed by atoms with Gasteiger partial charge in [-0.25, -0.2) is 4.98 Å². The van der Waals surface area contributed by atoms with E-state index in [1.165, 1.54) is 10.4 Å². The van der Waals surface area contributed by atoms with Gasteiger partial charge in [0.2, 0.25) is 0 Å². The fourth-order valence-corrected chi connectivity index (χ4v) is 2.60. The molecule has 90 valence electrons. The number of thiazole rings is 1. The van der Waals surface area contributed by atoms with Gasteiger partial charge in [-0.3, -0.25) is 0 Å². The Balaban J connectivity index is 2.13. The van der Waals surface area contributed by atoms with Crippen molar-refractivity contribution in [2.24, 2.45) is 5.73 Å². The maximum Gasteiger partial charge on any atom is 0.187 e. The summed E-state index contributed by atoms with van der Waals surface area (Å²) in [7, 11) is 0. The van der Waals surface area contributed by atoms with Gasteiger partial charge in [-0.15, -0.1) is 11.3 Å². The molecule has 0 bridgehead atoms. The molecule has 0 spiro atoms. The smallest absolute Gasteiger partial charge is 0.187 e. The van der Waals surface area contributed by atoms with Crippen molar-refractivity contribution < 1.29 is 0 Å². The minimum Gasteiger partial charge on any atom is -0.332 e. The summed E-state index contributed by atoms with van der Waals surface area (Å²) in [5.41, 5.74) is 8.98. The first kappa shape index (κ1) is 12.1. The lowest BCUT2D eigenvalue weighted by Gasteiger charge is -2.02. The highest BCUT2D eigenvalue weighted by molar-refractivity contribution is 7.15. The highest BCUT2D eigenvalue weighted by Gasteiger charge is 2.06. The van der Waals surface area contributed by atoms with Crippen LogP contribution in [-0.4, -0.2) is 11.5 Å². The SMILES string of the molecule is Cc1ccc(Nc2nc(C)c(CCN)s2)cc1. The highest BCUT2D eigenvalue weighted by Crippen LogP contribution is 2.25. The molecule has 4 heteroatoms. The Morgan fingerprint density at radius 3 is 2.59 bits per heavy atom. The van der Waals surface area contributed by atoms with Gasteiger partial charge in [0.15, 0.2) is 5.13 Å². The van der Waals surface area contributed by atoms with Crippen LogP contribution >= 0.6 is 11.3 Å². The Morgan fingerprint density at radius 2 is 1.94 bits per heavy atom. The summed E-state index contributed by atoms with van der Waals surface area (Å²) < 4.78 is 0. The van der Waals surface area contributed by atoms with E-state index >= 15 is 0 Å². The average Bonchev–Trinajstić information content (AvgIpc) is 2.63. The molecule has 0 radical (unpaired) electrons. The predicted molar refractivity (Wildman–Crippen MR) is 74.1 cm³/mol. The van der Waals surface area contributed by atoms with E-state index in [4.69, 9.17) is 5.73 Å². The lowest BCUT2D eigenvalue weighted by atomic mass is 10.2. The zero-order valence-corrected chi connectivity index (χ0v) is 11.0. The lowest BCUT2D eigenvalue weighted by Crippen LogP contribution is -2.01. The van der Waals surface area contributed by atoms with Crippen molar-refractivity contribution in [3.05, 3.63) is 40.4 Å². The van der Waals surface area contributed by atoms with E-state index < -0.39 is 0 Å². The van der Waals surface area contributed by atoms with Crippen molar-refractivity contribution in [3.63, 3.8) is 0 Å². The normalized spacial score (nSPS) is 10.5. The molecule has 0 aliphatic rings. The number of benzene rings is 1. The summed E-state index contributed by atoms with van der Waals surface area (Å²) in [5.74, 6) is 0. The predicted octanol–water partition coefficient (Wildman–Crippen LogP) is 3.00. The molecule has 0 fully saturated rings. The Kier molecular flexibility index (Phi) is 3.76. The van der Waals surface area contributed by atoms with Crippen molar-refractivity contribution in [1.29, 1.82) is 0 Å². The van der Waals surface area contributed by atoms with Gasteiger partial charge < -0.3 is 11.1 Å². The lowest BCUT2D eigenvalue weighted by molar-refractivity contribution is 0.970. The van der Waals surface area contributed by atoms with E-state index in [1.54, 1.807) is 11.3 Å². The van der Waals surface area contributed by atoms with Gasteiger partial charge in [-0.05, 0) is 38.9 Å². The Morgan fingerprint density at radius 1 is 1.24 bits per heavy atom. The van der Waals surface area contributed by atoms with Crippen molar-refractivity contribution in [3.8, 4) is 0 Å². The number of rotatable bonds is 4. The summed E-state index contributed by atoms with van der Waals surface area (Å²) >= 11 is 1.68. The molecule has 1 aromatic carbocycles. The molecule has 3 nitrogen and oxygen atoms in total. The quantitative estimate of drug-likeness (QED) is 0.873. The van der Waals surface area contributed by atoms with Crippen LogP contribution in [0.1, 0.15) is 16.1 Å². The minimum absolute atomic E-state index is 0.674. The highest BCUT2D eigenvalue weighted by atomic mass is 32.1. The van der Waals surface area contributed by atoms with Crippen LogP contribution < -0.4 is 11.1 Å². The van der Waals surface area contributed by atoms with Gasteiger partial charge in [-0.2, -0.15) is 0 Å². The zero-order chi connectivity index (χ0) is 12.3. The topological polar surface area (TPSA) is 50.9 Å².